The van der Waals surface area contributed by atoms with Gasteiger partial charge in [0.2, 0.25) is 0 Å². The lowest BCUT2D eigenvalue weighted by Gasteiger charge is -2.26. The van der Waals surface area contributed by atoms with Crippen molar-refractivity contribution in [3.63, 3.8) is 0 Å². The van der Waals surface area contributed by atoms with E-state index in [0.29, 0.717) is 0 Å². The van der Waals surface area contributed by atoms with Crippen molar-refractivity contribution < 1.29 is 0 Å². The van der Waals surface area contributed by atoms with E-state index in [1.807, 2.05) is 0 Å². The summed E-state index contributed by atoms with van der Waals surface area (Å²) in [6, 6.07) is 2.42. The van der Waals surface area contributed by atoms with Crippen LogP contribution in [-0.2, 0) is 0 Å². The molecule has 1 N–H and O–H groups in total. The van der Waals surface area contributed by atoms with Crippen LogP contribution in [0.5, 0.6) is 0 Å². The normalized spacial score (nSPS) is 12.5. The van der Waals surface area contributed by atoms with Gasteiger partial charge in [0.05, 0.1) is 16.1 Å². The summed E-state index contributed by atoms with van der Waals surface area (Å²) in [4.78, 5) is 0. The maximum atomic E-state index is 3.83. The van der Waals surface area contributed by atoms with Crippen molar-refractivity contribution in [2.24, 2.45) is 0 Å². The van der Waals surface area contributed by atoms with E-state index in [1.54, 1.807) is 0 Å². The maximum absolute atomic E-state index is 3.83. The average molecular weight is 242 g/mol. The molecule has 0 fully saturated rings. The third kappa shape index (κ3) is 7.76. The fraction of sp³-hybridized carbons (Fsp3) is 0.667. The monoisotopic (exact) mass is 241 g/mol. The number of allylic oxidation sites excluding steroid dienone is 2. The molecule has 0 heterocycles. The lowest BCUT2D eigenvalue weighted by Crippen LogP contribution is -2.46. The predicted molar refractivity (Wildman–Crippen MR) is 77.8 cm³/mol. The van der Waals surface area contributed by atoms with Crippen molar-refractivity contribution >= 4 is 16.1 Å². The molecule has 0 aromatic rings. The summed E-state index contributed by atoms with van der Waals surface area (Å²) in [6.45, 7) is 17.4. The third-order valence-electron chi connectivity index (χ3n) is 2.60. The van der Waals surface area contributed by atoms with Crippen molar-refractivity contribution in [2.75, 3.05) is 12.3 Å². The van der Waals surface area contributed by atoms with Crippen molar-refractivity contribution in [3.8, 4) is 0 Å². The van der Waals surface area contributed by atoms with Crippen LogP contribution in [0.4, 0.5) is 0 Å². The summed E-state index contributed by atoms with van der Waals surface area (Å²) < 4.78 is 0. The molecule has 0 bridgehead atoms. The van der Waals surface area contributed by atoms with Crippen LogP contribution in [0.1, 0.15) is 0 Å². The fourth-order valence-electron chi connectivity index (χ4n) is 1.67. The smallest absolute Gasteiger partial charge is 0.0662 e. The minimum Gasteiger partial charge on any atom is -0.322 e. The Hall–Kier alpha value is -0.126. The molecule has 0 amide bonds. The molecule has 88 valence electrons. The molecule has 0 aromatic carbocycles. The predicted octanol–water partition coefficient (Wildman–Crippen LogP) is 3.44. The molecule has 0 spiro atoms. The first-order valence-electron chi connectivity index (χ1n) is 5.75. The van der Waals surface area contributed by atoms with E-state index in [0.717, 1.165) is 0 Å². The molecule has 0 aliphatic carbocycles. The van der Waals surface area contributed by atoms with Gasteiger partial charge in [-0.05, 0) is 24.4 Å². The summed E-state index contributed by atoms with van der Waals surface area (Å²) in [5.41, 5.74) is 0. The molecular weight excluding hydrogens is 214 g/mol. The largest absolute Gasteiger partial charge is 0.322 e. The molecule has 0 aliphatic heterocycles. The zero-order valence-corrected chi connectivity index (χ0v) is 12.9. The number of nitrogens with one attached hydrogen (secondary N) is 1. The second-order valence-electron chi connectivity index (χ2n) is 5.92. The summed E-state index contributed by atoms with van der Waals surface area (Å²) >= 11 is 0. The molecule has 0 unspecified atom stereocenters. The topological polar surface area (TPSA) is 12.0 Å². The Labute approximate surface area is 97.7 Å². The van der Waals surface area contributed by atoms with Crippen LogP contribution >= 0.6 is 0 Å². The van der Waals surface area contributed by atoms with Crippen LogP contribution in [0.15, 0.2) is 25.3 Å². The molecule has 0 saturated heterocycles. The Balaban J connectivity index is 3.87. The van der Waals surface area contributed by atoms with E-state index < -0.39 is 16.1 Å². The van der Waals surface area contributed by atoms with E-state index >= 15 is 0 Å². The second kappa shape index (κ2) is 6.45. The first-order chi connectivity index (χ1) is 6.83. The van der Waals surface area contributed by atoms with Crippen LogP contribution in [0.2, 0.25) is 38.3 Å². The van der Waals surface area contributed by atoms with Gasteiger partial charge in [-0.25, -0.2) is 0 Å². The highest BCUT2D eigenvalue weighted by atomic mass is 28.3. The Morgan fingerprint density at radius 1 is 0.867 bits per heavy atom. The first-order valence-corrected chi connectivity index (χ1v) is 12.6. The van der Waals surface area contributed by atoms with Crippen LogP contribution in [0, 0.1) is 0 Å². The van der Waals surface area contributed by atoms with Gasteiger partial charge in [-0.2, -0.15) is 0 Å². The summed E-state index contributed by atoms with van der Waals surface area (Å²) in [7, 11) is -2.12. The minimum absolute atomic E-state index is 1.06. The average Bonchev–Trinajstić information content (AvgIpc) is 2.02. The molecule has 1 nitrogen and oxygen atoms in total. The van der Waals surface area contributed by atoms with Gasteiger partial charge in [0, 0.05) is 0 Å². The fourth-order valence-corrected chi connectivity index (χ4v) is 5.37. The molecule has 15 heavy (non-hydrogen) atoms. The zero-order chi connectivity index (χ0) is 11.9. The van der Waals surface area contributed by atoms with Crippen LogP contribution in [0.25, 0.3) is 0 Å². The van der Waals surface area contributed by atoms with Gasteiger partial charge in [0.25, 0.3) is 0 Å². The quantitative estimate of drug-likeness (QED) is 0.507. The third-order valence-corrected chi connectivity index (χ3v) is 7.80. The van der Waals surface area contributed by atoms with E-state index in [-0.39, 0.29) is 0 Å². The Kier molecular flexibility index (Phi) is 6.40. The Morgan fingerprint density at radius 2 is 1.20 bits per heavy atom. The molecular formula is C12H27NSi2. The highest BCUT2D eigenvalue weighted by Gasteiger charge is 2.22. The van der Waals surface area contributed by atoms with Crippen LogP contribution < -0.4 is 5.32 Å². The molecule has 3 heteroatoms. The lowest BCUT2D eigenvalue weighted by atomic mass is 10.8. The van der Waals surface area contributed by atoms with Gasteiger partial charge in [0.1, 0.15) is 0 Å². The standard InChI is InChI=1S/C12H27NSi2/c1-7-9-14(3,4)11-13-12-15(5,6)10-8-2/h7-8,13H,1-2,9-12H2,3-6H3. The van der Waals surface area contributed by atoms with Gasteiger partial charge in [-0.15, -0.1) is 13.2 Å². The molecule has 0 rings (SSSR count). The minimum atomic E-state index is -1.06. The van der Waals surface area contributed by atoms with Crippen molar-refractivity contribution in [3.05, 3.63) is 25.3 Å². The van der Waals surface area contributed by atoms with Gasteiger partial charge in [-0.1, -0.05) is 38.3 Å². The summed E-state index contributed by atoms with van der Waals surface area (Å²) in [5.74, 6) is 0. The van der Waals surface area contributed by atoms with Gasteiger partial charge in [-0.3, -0.25) is 0 Å². The highest BCUT2D eigenvalue weighted by Crippen LogP contribution is 2.10. The molecule has 0 radical (unpaired) electrons. The van der Waals surface area contributed by atoms with Gasteiger partial charge < -0.3 is 5.32 Å². The maximum Gasteiger partial charge on any atom is 0.0662 e. The molecule has 0 aliphatic rings. The van der Waals surface area contributed by atoms with Gasteiger partial charge >= 0.3 is 0 Å². The van der Waals surface area contributed by atoms with E-state index in [2.05, 4.69) is 56.8 Å². The summed E-state index contributed by atoms with van der Waals surface area (Å²) in [5, 5.41) is 3.66. The second-order valence-corrected chi connectivity index (χ2v) is 16.1. The first kappa shape index (κ1) is 14.9. The van der Waals surface area contributed by atoms with E-state index in [4.69, 9.17) is 0 Å². The lowest BCUT2D eigenvalue weighted by molar-refractivity contribution is 0.881. The number of hydrogen-bond donors (Lipinski definition) is 1. The van der Waals surface area contributed by atoms with E-state index in [9.17, 15) is 0 Å². The zero-order valence-electron chi connectivity index (χ0n) is 10.9. The highest BCUT2D eigenvalue weighted by molar-refractivity contribution is 6.79. The summed E-state index contributed by atoms with van der Waals surface area (Å²) in [6.07, 6.45) is 6.57. The number of rotatable bonds is 8. The van der Waals surface area contributed by atoms with Crippen LogP contribution in [0.3, 0.4) is 0 Å². The Bertz CT molecular complexity index is 188. The number of hydrogen-bond acceptors (Lipinski definition) is 1. The van der Waals surface area contributed by atoms with Crippen molar-refractivity contribution in [1.82, 2.24) is 5.32 Å². The molecule has 0 atom stereocenters. The van der Waals surface area contributed by atoms with Gasteiger partial charge in [0.15, 0.2) is 0 Å². The molecule has 0 saturated carbocycles. The van der Waals surface area contributed by atoms with Crippen molar-refractivity contribution in [2.45, 2.75) is 38.3 Å². The van der Waals surface area contributed by atoms with E-state index in [1.165, 1.54) is 24.4 Å². The van der Waals surface area contributed by atoms with Crippen LogP contribution in [-0.4, -0.2) is 28.5 Å². The van der Waals surface area contributed by atoms with Crippen molar-refractivity contribution in [1.29, 1.82) is 0 Å². The molecule has 0 aromatic heterocycles. The Morgan fingerprint density at radius 3 is 1.47 bits per heavy atom. The SMILES string of the molecule is C=CC[Si](C)(C)CNC[Si](C)(C)CC=C.